The van der Waals surface area contributed by atoms with Crippen LogP contribution in [0.2, 0.25) is 0 Å². The van der Waals surface area contributed by atoms with Crippen molar-refractivity contribution in [3.63, 3.8) is 0 Å². The minimum absolute atomic E-state index is 0.0140. The molecule has 0 aliphatic heterocycles. The Morgan fingerprint density at radius 3 is 2.25 bits per heavy atom. The molecule has 1 saturated carbocycles. The van der Waals surface area contributed by atoms with Gasteiger partial charge in [-0.05, 0) is 49.2 Å². The molecule has 1 fully saturated rings. The number of nitrogens with one attached hydrogen (secondary N) is 1. The second kappa shape index (κ2) is 8.38. The molecule has 172 valence electrons. The lowest BCUT2D eigenvalue weighted by molar-refractivity contribution is 0.286. The molecule has 1 N–H and O–H groups in total. The van der Waals surface area contributed by atoms with Crippen LogP contribution in [0.15, 0.2) is 61.5 Å². The number of aryl methyl sites for hydroxylation is 1. The van der Waals surface area contributed by atoms with Gasteiger partial charge < -0.3 is 4.42 Å². The van der Waals surface area contributed by atoms with Gasteiger partial charge in [0.1, 0.15) is 0 Å². The number of benzene rings is 2. The standard InChI is InChI=1S/C21H25N3O6S2/c1-23-19-13-12-18(14-20(19)30-21(23)25)31(26,27)22-15-8-10-17(11-9-15)32(28,29)24(2)16-6-4-3-5-7-16/h8-14,16,22H,3-7H2,1-2H3. The Bertz CT molecular complexity index is 1400. The Kier molecular flexibility index (Phi) is 5.91. The van der Waals surface area contributed by atoms with Crippen LogP contribution in [0.5, 0.6) is 0 Å². The van der Waals surface area contributed by atoms with Crippen LogP contribution in [0, 0.1) is 0 Å². The van der Waals surface area contributed by atoms with Gasteiger partial charge in [-0.3, -0.25) is 9.29 Å². The summed E-state index contributed by atoms with van der Waals surface area (Å²) in [4.78, 5) is 11.7. The van der Waals surface area contributed by atoms with Crippen molar-refractivity contribution >= 4 is 36.8 Å². The zero-order chi connectivity index (χ0) is 23.1. The summed E-state index contributed by atoms with van der Waals surface area (Å²) >= 11 is 0. The fraction of sp³-hybridized carbons (Fsp3) is 0.381. The largest absolute Gasteiger partial charge is 0.419 e. The van der Waals surface area contributed by atoms with Crippen molar-refractivity contribution in [1.29, 1.82) is 0 Å². The predicted octanol–water partition coefficient (Wildman–Crippen LogP) is 2.89. The smallest absolute Gasteiger partial charge is 0.408 e. The maximum atomic E-state index is 13.0. The van der Waals surface area contributed by atoms with Crippen molar-refractivity contribution in [2.45, 2.75) is 47.9 Å². The van der Waals surface area contributed by atoms with Gasteiger partial charge in [-0.2, -0.15) is 4.31 Å². The van der Waals surface area contributed by atoms with Gasteiger partial charge in [0.15, 0.2) is 5.58 Å². The minimum Gasteiger partial charge on any atom is -0.408 e. The lowest BCUT2D eigenvalue weighted by atomic mass is 9.96. The van der Waals surface area contributed by atoms with Gasteiger partial charge in [0, 0.05) is 31.9 Å². The summed E-state index contributed by atoms with van der Waals surface area (Å²) in [6, 6.07) is 9.75. The molecule has 0 unspecified atom stereocenters. The quantitative estimate of drug-likeness (QED) is 0.581. The number of nitrogens with zero attached hydrogens (tertiary/aromatic N) is 2. The molecule has 3 aromatic rings. The Morgan fingerprint density at radius 2 is 1.59 bits per heavy atom. The Morgan fingerprint density at radius 1 is 0.969 bits per heavy atom. The highest BCUT2D eigenvalue weighted by Gasteiger charge is 2.29. The highest BCUT2D eigenvalue weighted by Crippen LogP contribution is 2.27. The third-order valence-corrected chi connectivity index (χ3v) is 9.25. The van der Waals surface area contributed by atoms with Gasteiger partial charge in [-0.15, -0.1) is 0 Å². The number of sulfonamides is 2. The van der Waals surface area contributed by atoms with E-state index in [0.717, 1.165) is 32.1 Å². The van der Waals surface area contributed by atoms with Crippen molar-refractivity contribution < 1.29 is 21.3 Å². The molecule has 32 heavy (non-hydrogen) atoms. The molecule has 11 heteroatoms. The van der Waals surface area contributed by atoms with Gasteiger partial charge in [0.2, 0.25) is 10.0 Å². The minimum atomic E-state index is -3.97. The van der Waals surface area contributed by atoms with Crippen molar-refractivity contribution in [1.82, 2.24) is 8.87 Å². The monoisotopic (exact) mass is 479 g/mol. The Labute approximate surface area is 186 Å². The molecule has 0 atom stereocenters. The second-order valence-electron chi connectivity index (χ2n) is 8.00. The average Bonchev–Trinajstić information content (AvgIpc) is 3.07. The Hall–Kier alpha value is -2.63. The summed E-state index contributed by atoms with van der Waals surface area (Å²) in [5.41, 5.74) is 0.858. The maximum Gasteiger partial charge on any atom is 0.419 e. The lowest BCUT2D eigenvalue weighted by Crippen LogP contribution is -2.38. The summed E-state index contributed by atoms with van der Waals surface area (Å²) in [7, 11) is -4.51. The van der Waals surface area contributed by atoms with Crippen molar-refractivity contribution in [2.75, 3.05) is 11.8 Å². The van der Waals surface area contributed by atoms with E-state index in [1.165, 1.54) is 58.4 Å². The molecular weight excluding hydrogens is 454 g/mol. The van der Waals surface area contributed by atoms with Crippen LogP contribution in [0.4, 0.5) is 5.69 Å². The van der Waals surface area contributed by atoms with E-state index in [1.54, 1.807) is 7.05 Å². The van der Waals surface area contributed by atoms with Gasteiger partial charge in [-0.1, -0.05) is 19.3 Å². The third kappa shape index (κ3) is 4.19. The van der Waals surface area contributed by atoms with E-state index in [4.69, 9.17) is 4.42 Å². The molecule has 1 aliphatic carbocycles. The van der Waals surface area contributed by atoms with Crippen molar-refractivity contribution in [3.05, 3.63) is 53.0 Å². The van der Waals surface area contributed by atoms with Gasteiger partial charge in [0.05, 0.1) is 15.3 Å². The summed E-state index contributed by atoms with van der Waals surface area (Å²) in [6.07, 6.45) is 4.86. The van der Waals surface area contributed by atoms with Crippen LogP contribution in [0.1, 0.15) is 32.1 Å². The molecule has 0 radical (unpaired) electrons. The molecule has 1 aliphatic rings. The first-order valence-electron chi connectivity index (χ1n) is 10.3. The van der Waals surface area contributed by atoms with Crippen LogP contribution in [0.3, 0.4) is 0 Å². The highest BCUT2D eigenvalue weighted by atomic mass is 32.2. The van der Waals surface area contributed by atoms with Gasteiger partial charge in [0.25, 0.3) is 10.0 Å². The van der Waals surface area contributed by atoms with Crippen molar-refractivity contribution in [2.24, 2.45) is 7.05 Å². The zero-order valence-electron chi connectivity index (χ0n) is 17.8. The number of rotatable bonds is 6. The number of hydrogen-bond donors (Lipinski definition) is 1. The molecule has 0 bridgehead atoms. The van der Waals surface area contributed by atoms with E-state index in [9.17, 15) is 21.6 Å². The van der Waals surface area contributed by atoms with Crippen molar-refractivity contribution in [3.8, 4) is 0 Å². The number of oxazole rings is 1. The highest BCUT2D eigenvalue weighted by molar-refractivity contribution is 7.92. The SMILES string of the molecule is CN(C1CCCCC1)S(=O)(=O)c1ccc(NS(=O)(=O)c2ccc3c(c2)oc(=O)n3C)cc1. The maximum absolute atomic E-state index is 13.0. The Balaban J connectivity index is 1.54. The molecule has 0 spiro atoms. The first kappa shape index (κ1) is 22.6. The van der Waals surface area contributed by atoms with Crippen LogP contribution >= 0.6 is 0 Å². The van der Waals surface area contributed by atoms with Crippen LogP contribution in [-0.2, 0) is 27.1 Å². The lowest BCUT2D eigenvalue weighted by Gasteiger charge is -2.30. The molecule has 0 amide bonds. The van der Waals surface area contributed by atoms with E-state index >= 15 is 0 Å². The summed E-state index contributed by atoms with van der Waals surface area (Å²) in [5.74, 6) is -0.586. The van der Waals surface area contributed by atoms with E-state index in [1.807, 2.05) is 0 Å². The summed E-state index contributed by atoms with van der Waals surface area (Å²) in [5, 5.41) is 0. The van der Waals surface area contributed by atoms with Gasteiger partial charge in [-0.25, -0.2) is 21.6 Å². The fourth-order valence-electron chi connectivity index (χ4n) is 4.00. The van der Waals surface area contributed by atoms with Crippen LogP contribution in [0.25, 0.3) is 11.1 Å². The number of aromatic nitrogens is 1. The third-order valence-electron chi connectivity index (χ3n) is 5.95. The van der Waals surface area contributed by atoms with E-state index in [2.05, 4.69) is 4.72 Å². The number of hydrogen-bond acceptors (Lipinski definition) is 6. The van der Waals surface area contributed by atoms with Crippen LogP contribution < -0.4 is 10.5 Å². The van der Waals surface area contributed by atoms with E-state index in [0.29, 0.717) is 5.52 Å². The van der Waals surface area contributed by atoms with Gasteiger partial charge >= 0.3 is 5.76 Å². The first-order chi connectivity index (χ1) is 15.1. The molecule has 4 rings (SSSR count). The molecule has 0 saturated heterocycles. The first-order valence-corrected chi connectivity index (χ1v) is 13.2. The average molecular weight is 480 g/mol. The topological polar surface area (TPSA) is 119 Å². The van der Waals surface area contributed by atoms with Crippen LogP contribution in [-0.4, -0.2) is 38.8 Å². The normalized spacial score (nSPS) is 16.0. The molecule has 1 aromatic heterocycles. The molecule has 2 aromatic carbocycles. The van der Waals surface area contributed by atoms with E-state index in [-0.39, 0.29) is 27.1 Å². The predicted molar refractivity (Wildman–Crippen MR) is 121 cm³/mol. The molecule has 9 nitrogen and oxygen atoms in total. The second-order valence-corrected chi connectivity index (χ2v) is 11.7. The molecular formula is C21H25N3O6S2. The number of fused-ring (bicyclic) bond motifs is 1. The number of anilines is 1. The fourth-order valence-corrected chi connectivity index (χ4v) is 6.49. The zero-order valence-corrected chi connectivity index (χ0v) is 19.4. The summed E-state index contributed by atoms with van der Waals surface area (Å²) in [6.45, 7) is 0. The summed E-state index contributed by atoms with van der Waals surface area (Å²) < 4.78 is 61.6. The molecule has 1 heterocycles. The van der Waals surface area contributed by atoms with E-state index < -0.39 is 25.8 Å².